The van der Waals surface area contributed by atoms with E-state index < -0.39 is 52.3 Å². The van der Waals surface area contributed by atoms with E-state index >= 15 is 0 Å². The molecule has 0 heterocycles. The molecule has 0 radical (unpaired) electrons. The van der Waals surface area contributed by atoms with Crippen molar-refractivity contribution in [2.75, 3.05) is 0 Å². The Bertz CT molecular complexity index is 466. The first kappa shape index (κ1) is 21.5. The van der Waals surface area contributed by atoms with Crippen LogP contribution < -0.4 is 0 Å². The van der Waals surface area contributed by atoms with Gasteiger partial charge in [0.25, 0.3) is 0 Å². The second-order valence-corrected chi connectivity index (χ2v) is 6.16. The van der Waals surface area contributed by atoms with Gasteiger partial charge in [-0.15, -0.1) is 0 Å². The van der Waals surface area contributed by atoms with E-state index in [1.54, 1.807) is 0 Å². The lowest BCUT2D eigenvalue weighted by Crippen LogP contribution is -2.51. The molecule has 0 aromatic carbocycles. The summed E-state index contributed by atoms with van der Waals surface area (Å²) in [5.41, 5.74) is 0. The normalized spacial score (nSPS) is 19.9. The Hall–Kier alpha value is -0.470. The van der Waals surface area contributed by atoms with Crippen molar-refractivity contribution < 1.29 is 68.1 Å². The average molecular weight is 372 g/mol. The molecular weight excluding hydrogens is 358 g/mol. The first-order chi connectivity index (χ1) is 9.65. The van der Waals surface area contributed by atoms with E-state index in [0.29, 0.717) is 0 Å². The van der Waals surface area contributed by atoms with Gasteiger partial charge in [-0.05, 0) is 0 Å². The molecule has 5 atom stereocenters. The summed E-state index contributed by atoms with van der Waals surface area (Å²) in [6.45, 7) is 0. The highest BCUT2D eigenvalue weighted by Crippen LogP contribution is 2.38. The summed E-state index contributed by atoms with van der Waals surface area (Å²) in [7, 11) is -10.6. The van der Waals surface area contributed by atoms with Crippen molar-refractivity contribution in [1.82, 2.24) is 0 Å². The average Bonchev–Trinajstić information content (AvgIpc) is 2.30. The topological polar surface area (TPSA) is 252 Å². The molecule has 0 bridgehead atoms. The number of rotatable bonds is 8. The zero-order chi connectivity index (χ0) is 17.9. The van der Waals surface area contributed by atoms with Crippen LogP contribution >= 0.6 is 15.6 Å². The molecule has 0 saturated heterocycles. The van der Waals surface area contributed by atoms with Crippen LogP contribution in [-0.2, 0) is 23.0 Å². The maximum Gasteiger partial charge on any atom is 0.527 e. The van der Waals surface area contributed by atoms with Crippen LogP contribution in [0.15, 0.2) is 0 Å². The van der Waals surface area contributed by atoms with Crippen LogP contribution in [0.25, 0.3) is 0 Å². The van der Waals surface area contributed by atoms with Gasteiger partial charge >= 0.3 is 21.6 Å². The van der Waals surface area contributed by atoms with Gasteiger partial charge in [-0.25, -0.2) is 13.9 Å². The molecule has 0 spiro atoms. The number of phosphoric acid groups is 2. The van der Waals surface area contributed by atoms with Crippen molar-refractivity contribution in [2.24, 2.45) is 0 Å². The van der Waals surface area contributed by atoms with Gasteiger partial charge in [-0.2, -0.15) is 0 Å². The minimum absolute atomic E-state index is 2.07. The van der Waals surface area contributed by atoms with E-state index in [1.807, 2.05) is 0 Å². The summed E-state index contributed by atoms with van der Waals surface area (Å²) in [6, 6.07) is 0. The molecule has 14 nitrogen and oxygen atoms in total. The van der Waals surface area contributed by atoms with Crippen molar-refractivity contribution in [2.45, 2.75) is 30.7 Å². The predicted molar refractivity (Wildman–Crippen MR) is 61.3 cm³/mol. The van der Waals surface area contributed by atoms with Gasteiger partial charge in [0.2, 0.25) is 0 Å². The largest absolute Gasteiger partial charge is 0.527 e. The van der Waals surface area contributed by atoms with Crippen molar-refractivity contribution in [1.29, 1.82) is 0 Å². The molecule has 0 aliphatic carbocycles. The fourth-order valence-electron chi connectivity index (χ4n) is 1.07. The van der Waals surface area contributed by atoms with Crippen molar-refractivity contribution in [3.05, 3.63) is 0 Å². The second kappa shape index (κ2) is 7.88. The number of hydrogen-bond donors (Lipinski definition) is 9. The molecular formula is C6H14O14P2. The van der Waals surface area contributed by atoms with E-state index in [9.17, 15) is 29.2 Å². The maximum atomic E-state index is 11.0. The lowest BCUT2D eigenvalue weighted by Gasteiger charge is -2.28. The Morgan fingerprint density at radius 2 is 1.23 bits per heavy atom. The zero-order valence-corrected chi connectivity index (χ0v) is 12.1. The third kappa shape index (κ3) is 7.69. The standard InChI is InChI=1S/C6H14O14P2/c7-1(3(9)5(11)19-21(13,14)15)2(8)4(10)6(12)20-22(16,17)18/h1-5,7-11H,(H2,13,14,15)(H2,16,17,18)/t1-,2+,3-,4+,5?/m1/s1. The minimum Gasteiger partial charge on any atom is -0.387 e. The lowest BCUT2D eigenvalue weighted by molar-refractivity contribution is -0.189. The van der Waals surface area contributed by atoms with Crippen LogP contribution in [0.2, 0.25) is 0 Å². The lowest BCUT2D eigenvalue weighted by atomic mass is 10.0. The summed E-state index contributed by atoms with van der Waals surface area (Å²) in [5, 5.41) is 46.0. The van der Waals surface area contributed by atoms with E-state index in [2.05, 4.69) is 9.05 Å². The highest BCUT2D eigenvalue weighted by Gasteiger charge is 2.41. The second-order valence-electron chi connectivity index (χ2n) is 3.80. The Balaban J connectivity index is 4.83. The maximum absolute atomic E-state index is 11.0. The van der Waals surface area contributed by atoms with Crippen LogP contribution in [0.4, 0.5) is 0 Å². The zero-order valence-electron chi connectivity index (χ0n) is 10.3. The molecule has 0 aliphatic rings. The van der Waals surface area contributed by atoms with Crippen molar-refractivity contribution >= 4 is 21.6 Å². The number of phosphoric ester groups is 2. The molecule has 0 aromatic rings. The highest BCUT2D eigenvalue weighted by atomic mass is 31.2. The molecule has 0 amide bonds. The summed E-state index contributed by atoms with van der Waals surface area (Å²) < 4.78 is 27.7. The minimum atomic E-state index is -5.36. The molecule has 0 aliphatic heterocycles. The van der Waals surface area contributed by atoms with E-state index in [0.717, 1.165) is 0 Å². The highest BCUT2D eigenvalue weighted by molar-refractivity contribution is 7.47. The number of carbonyl (C=O) groups excluding carboxylic acids is 1. The molecule has 132 valence electrons. The Morgan fingerprint density at radius 3 is 1.59 bits per heavy atom. The van der Waals surface area contributed by atoms with E-state index in [4.69, 9.17) is 29.8 Å². The first-order valence-electron chi connectivity index (χ1n) is 5.09. The Morgan fingerprint density at radius 1 is 0.773 bits per heavy atom. The first-order valence-corrected chi connectivity index (χ1v) is 8.15. The predicted octanol–water partition coefficient (Wildman–Crippen LogP) is -4.51. The Kier molecular flexibility index (Phi) is 7.71. The van der Waals surface area contributed by atoms with E-state index in [-0.39, 0.29) is 0 Å². The molecule has 0 fully saturated rings. The third-order valence-electron chi connectivity index (χ3n) is 2.01. The summed E-state index contributed by atoms with van der Waals surface area (Å²) >= 11 is 0. The van der Waals surface area contributed by atoms with Crippen LogP contribution in [-0.4, -0.2) is 81.8 Å². The van der Waals surface area contributed by atoms with E-state index in [1.165, 1.54) is 0 Å². The molecule has 0 saturated carbocycles. The molecule has 1 unspecified atom stereocenters. The number of hydrogen-bond acceptors (Lipinski definition) is 10. The molecule has 0 rings (SSSR count). The summed E-state index contributed by atoms with van der Waals surface area (Å²) in [4.78, 5) is 44.3. The number of aliphatic hydroxyl groups is 5. The fourth-order valence-corrected chi connectivity index (χ4v) is 1.82. The van der Waals surface area contributed by atoms with Gasteiger partial charge in [0.05, 0.1) is 0 Å². The molecule has 0 aromatic heterocycles. The van der Waals surface area contributed by atoms with Gasteiger partial charge in [-0.1, -0.05) is 0 Å². The molecule has 22 heavy (non-hydrogen) atoms. The van der Waals surface area contributed by atoms with Gasteiger partial charge in [0.15, 0.2) is 12.4 Å². The third-order valence-corrected chi connectivity index (χ3v) is 2.92. The van der Waals surface area contributed by atoms with Crippen LogP contribution in [0.3, 0.4) is 0 Å². The monoisotopic (exact) mass is 372 g/mol. The van der Waals surface area contributed by atoms with Crippen LogP contribution in [0, 0.1) is 0 Å². The van der Waals surface area contributed by atoms with Crippen molar-refractivity contribution in [3.8, 4) is 0 Å². The van der Waals surface area contributed by atoms with Gasteiger partial charge in [0, 0.05) is 0 Å². The van der Waals surface area contributed by atoms with Crippen LogP contribution in [0.1, 0.15) is 0 Å². The summed E-state index contributed by atoms with van der Waals surface area (Å²) in [6.07, 6.45) is -13.4. The quantitative estimate of drug-likeness (QED) is 0.144. The molecule has 9 N–H and O–H groups in total. The number of aliphatic hydroxyl groups excluding tert-OH is 5. The SMILES string of the molecule is O=C(OP(=O)(O)O)[C@@H](O)[C@@H](O)[C@@H](O)[C@@H](O)C(O)OP(=O)(O)O. The van der Waals surface area contributed by atoms with Gasteiger partial charge in [0.1, 0.15) is 18.3 Å². The van der Waals surface area contributed by atoms with Crippen molar-refractivity contribution in [3.63, 3.8) is 0 Å². The van der Waals surface area contributed by atoms with Gasteiger partial charge < -0.3 is 39.8 Å². The van der Waals surface area contributed by atoms with Crippen LogP contribution in [0.5, 0.6) is 0 Å². The molecule has 16 heteroatoms. The smallest absolute Gasteiger partial charge is 0.387 e. The number of carbonyl (C=O) groups is 1. The van der Waals surface area contributed by atoms with Gasteiger partial charge in [-0.3, -0.25) is 14.3 Å². The fraction of sp³-hybridized carbons (Fsp3) is 0.833. The summed E-state index contributed by atoms with van der Waals surface area (Å²) in [5.74, 6) is -2.07. The Labute approximate surface area is 121 Å².